The van der Waals surface area contributed by atoms with E-state index in [9.17, 15) is 10.1 Å². The smallest absolute Gasteiger partial charge is 0.276 e. The average Bonchev–Trinajstić information content (AvgIpc) is 2.16. The van der Waals surface area contributed by atoms with Crippen LogP contribution in [0.1, 0.15) is 13.3 Å². The molecule has 0 aliphatic rings. The predicted molar refractivity (Wildman–Crippen MR) is 62.4 cm³/mol. The molecule has 0 aromatic carbocycles. The number of hydrogen-bond donors (Lipinski definition) is 1. The molecule has 1 N–H and O–H groups in total. The molecular weight excluding hydrogens is 230 g/mol. The zero-order valence-corrected chi connectivity index (χ0v) is 9.36. The first-order chi connectivity index (χ1) is 7.52. The second-order valence-corrected chi connectivity index (χ2v) is 3.63. The molecule has 1 aromatic heterocycles. The molecule has 0 saturated carbocycles. The number of aromatic nitrogens is 1. The van der Waals surface area contributed by atoms with E-state index < -0.39 is 4.92 Å². The van der Waals surface area contributed by atoms with E-state index in [4.69, 9.17) is 18.0 Å². The molecule has 0 spiro atoms. The Balaban J connectivity index is 2.89. The molecule has 0 bridgehead atoms. The summed E-state index contributed by atoms with van der Waals surface area (Å²) in [5.74, 6) is 2.83. The Hall–Kier alpha value is -1.80. The fourth-order valence-corrected chi connectivity index (χ4v) is 1.35. The van der Waals surface area contributed by atoms with Gasteiger partial charge >= 0.3 is 0 Å². The van der Waals surface area contributed by atoms with E-state index in [0.717, 1.165) is 0 Å². The standard InChI is InChI=1S/C10H10ClN3O2/c1-3-4-7(2)12-10-6-8(14(15)16)5-9(11)13-10/h1,5-7H,4H2,2H3,(H,12,13). The molecule has 5 nitrogen and oxygen atoms in total. The number of nitrogens with zero attached hydrogens (tertiary/aromatic N) is 2. The monoisotopic (exact) mass is 239 g/mol. The molecule has 16 heavy (non-hydrogen) atoms. The molecule has 0 aliphatic heterocycles. The molecule has 0 saturated heterocycles. The molecule has 0 aliphatic carbocycles. The van der Waals surface area contributed by atoms with Gasteiger partial charge < -0.3 is 5.32 Å². The van der Waals surface area contributed by atoms with E-state index in [0.29, 0.717) is 12.2 Å². The molecule has 1 atom stereocenters. The number of rotatable bonds is 4. The Bertz CT molecular complexity index is 442. The Morgan fingerprint density at radius 1 is 1.75 bits per heavy atom. The molecule has 1 unspecified atom stereocenters. The van der Waals surface area contributed by atoms with Gasteiger partial charge in [-0.2, -0.15) is 0 Å². The summed E-state index contributed by atoms with van der Waals surface area (Å²) >= 11 is 5.66. The Morgan fingerprint density at radius 3 is 3.00 bits per heavy atom. The van der Waals surface area contributed by atoms with E-state index in [1.165, 1.54) is 12.1 Å². The zero-order chi connectivity index (χ0) is 12.1. The van der Waals surface area contributed by atoms with Gasteiger partial charge in [-0.25, -0.2) is 4.98 Å². The summed E-state index contributed by atoms with van der Waals surface area (Å²) in [4.78, 5) is 14.0. The summed E-state index contributed by atoms with van der Waals surface area (Å²) in [5, 5.41) is 13.6. The second-order valence-electron chi connectivity index (χ2n) is 3.24. The minimum absolute atomic E-state index is 0.0180. The Kier molecular flexibility index (Phi) is 4.09. The van der Waals surface area contributed by atoms with Crippen LogP contribution in [-0.2, 0) is 0 Å². The fourth-order valence-electron chi connectivity index (χ4n) is 1.14. The zero-order valence-electron chi connectivity index (χ0n) is 8.61. The van der Waals surface area contributed by atoms with E-state index >= 15 is 0 Å². The van der Waals surface area contributed by atoms with Gasteiger partial charge in [-0.1, -0.05) is 11.6 Å². The highest BCUT2D eigenvalue weighted by atomic mass is 35.5. The molecule has 0 radical (unpaired) electrons. The normalized spacial score (nSPS) is 11.6. The maximum absolute atomic E-state index is 10.6. The molecule has 1 aromatic rings. The molecule has 1 heterocycles. The van der Waals surface area contributed by atoms with Crippen molar-refractivity contribution in [1.82, 2.24) is 4.98 Å². The number of pyridine rings is 1. The first-order valence-corrected chi connectivity index (χ1v) is 4.92. The SMILES string of the molecule is C#CCC(C)Nc1cc([N+](=O)[O-])cc(Cl)n1. The first kappa shape index (κ1) is 12.3. The van der Waals surface area contributed by atoms with Crippen LogP contribution in [0.4, 0.5) is 11.5 Å². The van der Waals surface area contributed by atoms with E-state index in [1.807, 2.05) is 6.92 Å². The maximum Gasteiger partial charge on any atom is 0.276 e. The Labute approximate surface area is 98.0 Å². The lowest BCUT2D eigenvalue weighted by Crippen LogP contribution is -2.15. The largest absolute Gasteiger partial charge is 0.366 e. The molecule has 0 amide bonds. The molecule has 1 rings (SSSR count). The third kappa shape index (κ3) is 3.41. The molecule has 0 fully saturated rings. The second kappa shape index (κ2) is 5.33. The highest BCUT2D eigenvalue weighted by molar-refractivity contribution is 6.29. The van der Waals surface area contributed by atoms with Crippen LogP contribution in [0, 0.1) is 22.5 Å². The summed E-state index contributed by atoms with van der Waals surface area (Å²) in [6.45, 7) is 1.86. The van der Waals surface area contributed by atoms with Crippen LogP contribution in [0.25, 0.3) is 0 Å². The minimum atomic E-state index is -0.523. The summed E-state index contributed by atoms with van der Waals surface area (Å²) in [5.41, 5.74) is -0.101. The minimum Gasteiger partial charge on any atom is -0.366 e. The van der Waals surface area contributed by atoms with Crippen LogP contribution in [0.15, 0.2) is 12.1 Å². The molecular formula is C10H10ClN3O2. The van der Waals surface area contributed by atoms with Crippen molar-refractivity contribution >= 4 is 23.1 Å². The number of hydrogen-bond acceptors (Lipinski definition) is 4. The predicted octanol–water partition coefficient (Wildman–Crippen LogP) is 2.47. The number of anilines is 1. The number of halogens is 1. The van der Waals surface area contributed by atoms with Gasteiger partial charge in [-0.05, 0) is 6.92 Å². The van der Waals surface area contributed by atoms with Gasteiger partial charge in [0.2, 0.25) is 0 Å². The van der Waals surface area contributed by atoms with Crippen molar-refractivity contribution in [2.45, 2.75) is 19.4 Å². The van der Waals surface area contributed by atoms with Gasteiger partial charge in [0.25, 0.3) is 5.69 Å². The van der Waals surface area contributed by atoms with Crippen LogP contribution in [-0.4, -0.2) is 15.9 Å². The quantitative estimate of drug-likeness (QED) is 0.379. The Morgan fingerprint density at radius 2 is 2.44 bits per heavy atom. The van der Waals surface area contributed by atoms with Gasteiger partial charge in [0, 0.05) is 12.5 Å². The van der Waals surface area contributed by atoms with Gasteiger partial charge in [0.15, 0.2) is 0 Å². The van der Waals surface area contributed by atoms with E-state index in [2.05, 4.69) is 16.2 Å². The third-order valence-corrected chi connectivity index (χ3v) is 2.00. The van der Waals surface area contributed by atoms with Crippen LogP contribution in [0.3, 0.4) is 0 Å². The van der Waals surface area contributed by atoms with Crippen molar-refractivity contribution in [2.24, 2.45) is 0 Å². The first-order valence-electron chi connectivity index (χ1n) is 4.55. The topological polar surface area (TPSA) is 68.1 Å². The summed E-state index contributed by atoms with van der Waals surface area (Å²) in [6.07, 6.45) is 5.65. The number of terminal acetylenes is 1. The molecule has 84 valence electrons. The maximum atomic E-state index is 10.6. The average molecular weight is 240 g/mol. The fraction of sp³-hybridized carbons (Fsp3) is 0.300. The summed E-state index contributed by atoms with van der Waals surface area (Å²) in [6, 6.07) is 2.49. The van der Waals surface area contributed by atoms with Crippen LogP contribution in [0.2, 0.25) is 5.15 Å². The van der Waals surface area contributed by atoms with Gasteiger partial charge in [0.1, 0.15) is 11.0 Å². The lowest BCUT2D eigenvalue weighted by atomic mass is 10.2. The van der Waals surface area contributed by atoms with Crippen LogP contribution in [0.5, 0.6) is 0 Å². The van der Waals surface area contributed by atoms with Crippen molar-refractivity contribution in [3.05, 3.63) is 27.4 Å². The van der Waals surface area contributed by atoms with Crippen LogP contribution >= 0.6 is 11.6 Å². The van der Waals surface area contributed by atoms with Crippen molar-refractivity contribution in [3.8, 4) is 12.3 Å². The van der Waals surface area contributed by atoms with Gasteiger partial charge in [-0.3, -0.25) is 10.1 Å². The third-order valence-electron chi connectivity index (χ3n) is 1.81. The van der Waals surface area contributed by atoms with Gasteiger partial charge in [0.05, 0.1) is 17.1 Å². The summed E-state index contributed by atoms with van der Waals surface area (Å²) < 4.78 is 0. The number of nitrogens with one attached hydrogen (secondary N) is 1. The highest BCUT2D eigenvalue weighted by Gasteiger charge is 2.11. The van der Waals surface area contributed by atoms with E-state index in [-0.39, 0.29) is 16.9 Å². The van der Waals surface area contributed by atoms with Crippen molar-refractivity contribution in [1.29, 1.82) is 0 Å². The van der Waals surface area contributed by atoms with Crippen molar-refractivity contribution in [3.63, 3.8) is 0 Å². The lowest BCUT2D eigenvalue weighted by Gasteiger charge is -2.11. The molecule has 6 heteroatoms. The van der Waals surface area contributed by atoms with E-state index in [1.54, 1.807) is 0 Å². The number of nitro groups is 1. The van der Waals surface area contributed by atoms with Crippen molar-refractivity contribution in [2.75, 3.05) is 5.32 Å². The van der Waals surface area contributed by atoms with Gasteiger partial charge in [-0.15, -0.1) is 12.3 Å². The lowest BCUT2D eigenvalue weighted by molar-refractivity contribution is -0.384. The van der Waals surface area contributed by atoms with Crippen molar-refractivity contribution < 1.29 is 4.92 Å². The van der Waals surface area contributed by atoms with Crippen LogP contribution < -0.4 is 5.32 Å². The highest BCUT2D eigenvalue weighted by Crippen LogP contribution is 2.21. The summed E-state index contributed by atoms with van der Waals surface area (Å²) in [7, 11) is 0.